The Morgan fingerprint density at radius 3 is 2.39 bits per heavy atom. The fraction of sp³-hybridized carbons (Fsp3) is 0.0667. The third-order valence-corrected chi connectivity index (χ3v) is 2.72. The Kier molecular flexibility index (Phi) is 4.88. The molecule has 0 aliphatic carbocycles. The van der Waals surface area contributed by atoms with Crippen LogP contribution < -0.4 is 9.47 Å². The number of nitro groups is 1. The van der Waals surface area contributed by atoms with Crippen molar-refractivity contribution in [3.8, 4) is 11.5 Å². The first-order chi connectivity index (χ1) is 11.0. The van der Waals surface area contributed by atoms with Gasteiger partial charge in [-0.2, -0.15) is 0 Å². The van der Waals surface area contributed by atoms with Gasteiger partial charge in [0, 0.05) is 12.1 Å². The van der Waals surface area contributed by atoms with E-state index in [2.05, 4.69) is 0 Å². The van der Waals surface area contributed by atoms with Gasteiger partial charge in [-0.1, -0.05) is 6.07 Å². The summed E-state index contributed by atoms with van der Waals surface area (Å²) in [5.74, 6) is -1.51. The summed E-state index contributed by atoms with van der Waals surface area (Å²) in [7, 11) is 0. The Morgan fingerprint density at radius 2 is 1.78 bits per heavy atom. The van der Waals surface area contributed by atoms with E-state index in [9.17, 15) is 19.7 Å². The number of nitrogens with zero attached hydrogens (tertiary/aromatic N) is 1. The third-order valence-electron chi connectivity index (χ3n) is 2.72. The van der Waals surface area contributed by atoms with Crippen LogP contribution >= 0.6 is 0 Å². The van der Waals surface area contributed by atoms with E-state index in [0.29, 0.717) is 0 Å². The smallest absolute Gasteiger partial charge is 0.349 e. The Bertz CT molecular complexity index is 740. The molecule has 0 unspecified atom stereocenters. The molecule has 0 bridgehead atoms. The number of hydrogen-bond acceptors (Lipinski definition) is 6. The first-order valence-corrected chi connectivity index (χ1v) is 6.37. The van der Waals surface area contributed by atoms with Crippen LogP contribution in [-0.2, 0) is 4.79 Å². The lowest BCUT2D eigenvalue weighted by atomic mass is 10.2. The van der Waals surface area contributed by atoms with E-state index >= 15 is 0 Å². The van der Waals surface area contributed by atoms with E-state index in [1.807, 2.05) is 0 Å². The summed E-state index contributed by atoms with van der Waals surface area (Å²) >= 11 is 0. The molecule has 0 saturated carbocycles. The van der Waals surface area contributed by atoms with Gasteiger partial charge < -0.3 is 14.6 Å². The van der Waals surface area contributed by atoms with Crippen LogP contribution in [0, 0.1) is 10.1 Å². The Balaban J connectivity index is 1.91. The van der Waals surface area contributed by atoms with Gasteiger partial charge in [0.05, 0.1) is 10.5 Å². The van der Waals surface area contributed by atoms with Gasteiger partial charge in [0.25, 0.3) is 5.69 Å². The zero-order valence-corrected chi connectivity index (χ0v) is 11.7. The number of ether oxygens (including phenoxy) is 2. The number of benzene rings is 2. The summed E-state index contributed by atoms with van der Waals surface area (Å²) < 4.78 is 10.1. The minimum atomic E-state index is -1.13. The second kappa shape index (κ2) is 7.03. The Hall–Kier alpha value is -3.42. The minimum Gasteiger partial charge on any atom is -0.482 e. The zero-order chi connectivity index (χ0) is 16.8. The SMILES string of the molecule is O=C(COc1ccc([N+](=O)[O-])cc1)Oc1cccc(C(=O)O)c1. The molecule has 0 saturated heterocycles. The second-order valence-electron chi connectivity index (χ2n) is 4.35. The molecular weight excluding hydrogens is 306 g/mol. The van der Waals surface area contributed by atoms with E-state index in [-0.39, 0.29) is 22.7 Å². The lowest BCUT2D eigenvalue weighted by Gasteiger charge is -2.07. The van der Waals surface area contributed by atoms with Crippen LogP contribution in [0.2, 0.25) is 0 Å². The van der Waals surface area contributed by atoms with E-state index in [1.54, 1.807) is 0 Å². The van der Waals surface area contributed by atoms with Crippen LogP contribution in [-0.4, -0.2) is 28.6 Å². The highest BCUT2D eigenvalue weighted by Crippen LogP contribution is 2.18. The average molecular weight is 317 g/mol. The number of carboxylic acid groups (broad SMARTS) is 1. The third kappa shape index (κ3) is 4.53. The van der Waals surface area contributed by atoms with Gasteiger partial charge in [0.2, 0.25) is 0 Å². The van der Waals surface area contributed by atoms with Gasteiger partial charge in [-0.15, -0.1) is 0 Å². The van der Waals surface area contributed by atoms with Gasteiger partial charge in [0.1, 0.15) is 11.5 Å². The lowest BCUT2D eigenvalue weighted by molar-refractivity contribution is -0.384. The summed E-state index contributed by atoms with van der Waals surface area (Å²) in [6.45, 7) is -0.422. The van der Waals surface area contributed by atoms with Crippen molar-refractivity contribution in [3.05, 3.63) is 64.2 Å². The topological polar surface area (TPSA) is 116 Å². The van der Waals surface area contributed by atoms with Crippen LogP contribution in [0.5, 0.6) is 11.5 Å². The largest absolute Gasteiger partial charge is 0.482 e. The van der Waals surface area contributed by atoms with Crippen molar-refractivity contribution in [1.82, 2.24) is 0 Å². The molecule has 2 aromatic rings. The summed E-state index contributed by atoms with van der Waals surface area (Å²) in [5.41, 5.74) is -0.100. The number of nitro benzene ring substituents is 1. The molecule has 2 rings (SSSR count). The van der Waals surface area contributed by atoms with Crippen molar-refractivity contribution < 1.29 is 29.1 Å². The maximum absolute atomic E-state index is 11.6. The number of carboxylic acids is 1. The number of non-ortho nitro benzene ring substituents is 1. The number of carbonyl (C=O) groups is 2. The fourth-order valence-corrected chi connectivity index (χ4v) is 1.66. The summed E-state index contributed by atoms with van der Waals surface area (Å²) in [4.78, 5) is 32.4. The van der Waals surface area contributed by atoms with Crippen molar-refractivity contribution >= 4 is 17.6 Å². The van der Waals surface area contributed by atoms with Crippen molar-refractivity contribution in [1.29, 1.82) is 0 Å². The number of rotatable bonds is 6. The molecule has 1 N–H and O–H groups in total. The molecule has 23 heavy (non-hydrogen) atoms. The molecule has 2 aromatic carbocycles. The van der Waals surface area contributed by atoms with E-state index in [4.69, 9.17) is 14.6 Å². The van der Waals surface area contributed by atoms with Crippen molar-refractivity contribution in [2.75, 3.05) is 6.61 Å². The highest BCUT2D eigenvalue weighted by atomic mass is 16.6. The predicted molar refractivity (Wildman–Crippen MR) is 77.6 cm³/mol. The van der Waals surface area contributed by atoms with Gasteiger partial charge in [-0.3, -0.25) is 10.1 Å². The fourth-order valence-electron chi connectivity index (χ4n) is 1.66. The molecule has 0 aliphatic rings. The number of esters is 1. The first-order valence-electron chi connectivity index (χ1n) is 6.37. The van der Waals surface area contributed by atoms with Crippen LogP contribution in [0.15, 0.2) is 48.5 Å². The van der Waals surface area contributed by atoms with Crippen molar-refractivity contribution in [3.63, 3.8) is 0 Å². The maximum Gasteiger partial charge on any atom is 0.349 e. The van der Waals surface area contributed by atoms with Gasteiger partial charge in [0.15, 0.2) is 6.61 Å². The standard InChI is InChI=1S/C15H11NO7/c17-14(23-13-3-1-2-10(8-13)15(18)19)9-22-12-6-4-11(5-7-12)16(20)21/h1-8H,9H2,(H,18,19). The molecule has 0 fully saturated rings. The number of carbonyl (C=O) groups excluding carboxylic acids is 1. The second-order valence-corrected chi connectivity index (χ2v) is 4.35. The minimum absolute atomic E-state index is 0.00779. The molecule has 0 heterocycles. The summed E-state index contributed by atoms with van der Waals surface area (Å²) in [6.07, 6.45) is 0. The highest BCUT2D eigenvalue weighted by Gasteiger charge is 2.10. The molecular formula is C15H11NO7. The van der Waals surface area contributed by atoms with Gasteiger partial charge >= 0.3 is 11.9 Å². The number of hydrogen-bond donors (Lipinski definition) is 1. The zero-order valence-electron chi connectivity index (χ0n) is 11.7. The number of aromatic carboxylic acids is 1. The lowest BCUT2D eigenvalue weighted by Crippen LogP contribution is -2.17. The molecule has 0 radical (unpaired) electrons. The molecule has 0 amide bonds. The predicted octanol–water partition coefficient (Wildman–Crippen LogP) is 2.28. The molecule has 0 aliphatic heterocycles. The molecule has 118 valence electrons. The van der Waals surface area contributed by atoms with Crippen molar-refractivity contribution in [2.45, 2.75) is 0 Å². The monoisotopic (exact) mass is 317 g/mol. The van der Waals surface area contributed by atoms with Crippen LogP contribution in [0.1, 0.15) is 10.4 Å². The van der Waals surface area contributed by atoms with Crippen molar-refractivity contribution in [2.24, 2.45) is 0 Å². The Morgan fingerprint density at radius 1 is 1.09 bits per heavy atom. The summed E-state index contributed by atoms with van der Waals surface area (Å²) in [6, 6.07) is 10.7. The average Bonchev–Trinajstić information content (AvgIpc) is 2.53. The van der Waals surface area contributed by atoms with Gasteiger partial charge in [-0.25, -0.2) is 9.59 Å². The van der Waals surface area contributed by atoms with E-state index in [0.717, 1.165) is 0 Å². The van der Waals surface area contributed by atoms with Crippen LogP contribution in [0.4, 0.5) is 5.69 Å². The van der Waals surface area contributed by atoms with Crippen LogP contribution in [0.3, 0.4) is 0 Å². The van der Waals surface area contributed by atoms with E-state index < -0.39 is 23.5 Å². The summed E-state index contributed by atoms with van der Waals surface area (Å²) in [5, 5.41) is 19.3. The molecule has 0 spiro atoms. The molecule has 8 heteroatoms. The first kappa shape index (κ1) is 16.0. The highest BCUT2D eigenvalue weighted by molar-refractivity contribution is 5.88. The van der Waals surface area contributed by atoms with Gasteiger partial charge in [-0.05, 0) is 30.3 Å². The Labute approximate surface area is 130 Å². The molecule has 8 nitrogen and oxygen atoms in total. The van der Waals surface area contributed by atoms with E-state index in [1.165, 1.54) is 48.5 Å². The van der Waals surface area contributed by atoms with Crippen LogP contribution in [0.25, 0.3) is 0 Å². The normalized spacial score (nSPS) is 9.91. The molecule has 0 aromatic heterocycles. The molecule has 0 atom stereocenters. The maximum atomic E-state index is 11.6. The quantitative estimate of drug-likeness (QED) is 0.376.